The molecule has 0 spiro atoms. The molecule has 0 aliphatic heterocycles. The van der Waals surface area contributed by atoms with Gasteiger partial charge in [0.2, 0.25) is 0 Å². The lowest BCUT2D eigenvalue weighted by atomic mass is 10.2. The Hall–Kier alpha value is -2.78. The summed E-state index contributed by atoms with van der Waals surface area (Å²) in [4.78, 5) is 10.6. The van der Waals surface area contributed by atoms with E-state index in [4.69, 9.17) is 9.66 Å². The third-order valence-corrected chi connectivity index (χ3v) is 3.49. The summed E-state index contributed by atoms with van der Waals surface area (Å²) in [5.74, 6) is -1.68. The third-order valence-electron chi connectivity index (χ3n) is 2.63. The van der Waals surface area contributed by atoms with Gasteiger partial charge in [-0.1, -0.05) is 0 Å². The molecule has 9 heteroatoms. The topological polar surface area (TPSA) is 137 Å². The first-order valence-corrected chi connectivity index (χ1v) is 7.27. The average molecular weight is 322 g/mol. The lowest BCUT2D eigenvalue weighted by Gasteiger charge is -2.00. The Morgan fingerprint density at radius 2 is 1.50 bits per heavy atom. The summed E-state index contributed by atoms with van der Waals surface area (Å²) in [7, 11) is -4.27. The zero-order valence-corrected chi connectivity index (χ0v) is 11.7. The van der Waals surface area contributed by atoms with E-state index in [1.807, 2.05) is 0 Å². The minimum atomic E-state index is -4.27. The number of azo groups is 1. The molecule has 22 heavy (non-hydrogen) atoms. The van der Waals surface area contributed by atoms with Crippen LogP contribution in [0.3, 0.4) is 0 Å². The van der Waals surface area contributed by atoms with Crippen molar-refractivity contribution in [3.63, 3.8) is 0 Å². The van der Waals surface area contributed by atoms with Gasteiger partial charge >= 0.3 is 5.97 Å². The number of hydrogen-bond donors (Lipinski definition) is 3. The van der Waals surface area contributed by atoms with E-state index in [0.29, 0.717) is 5.69 Å². The smallest absolute Gasteiger partial charge is 0.339 e. The fourth-order valence-corrected chi connectivity index (χ4v) is 2.04. The maximum atomic E-state index is 10.9. The van der Waals surface area contributed by atoms with Gasteiger partial charge in [0, 0.05) is 0 Å². The molecule has 2 aromatic carbocycles. The molecule has 8 nitrogen and oxygen atoms in total. The number of hydrogen-bond acceptors (Lipinski definition) is 6. The van der Waals surface area contributed by atoms with Crippen molar-refractivity contribution in [3.05, 3.63) is 48.0 Å². The van der Waals surface area contributed by atoms with Gasteiger partial charge in [-0.05, 0) is 42.5 Å². The van der Waals surface area contributed by atoms with Crippen LogP contribution < -0.4 is 0 Å². The molecule has 2 aromatic rings. The van der Waals surface area contributed by atoms with E-state index in [2.05, 4.69) is 10.2 Å². The number of carbonyl (C=O) groups is 1. The molecular weight excluding hydrogens is 312 g/mol. The zero-order valence-electron chi connectivity index (χ0n) is 10.9. The molecule has 0 amide bonds. The van der Waals surface area contributed by atoms with E-state index in [9.17, 15) is 18.3 Å². The third kappa shape index (κ3) is 3.65. The normalized spacial score (nSPS) is 11.7. The fraction of sp³-hybridized carbons (Fsp3) is 0. The van der Waals surface area contributed by atoms with Crippen LogP contribution in [0.25, 0.3) is 0 Å². The zero-order chi connectivity index (χ0) is 16.3. The minimum Gasteiger partial charge on any atom is -0.507 e. The molecule has 0 fully saturated rings. The van der Waals surface area contributed by atoms with Crippen molar-refractivity contribution < 1.29 is 28.0 Å². The maximum Gasteiger partial charge on any atom is 0.339 e. The maximum absolute atomic E-state index is 10.9. The molecular formula is C13H10N2O6S. The Bertz CT molecular complexity index is 843. The first-order chi connectivity index (χ1) is 10.3. The summed E-state index contributed by atoms with van der Waals surface area (Å²) >= 11 is 0. The number of carboxylic acids is 1. The van der Waals surface area contributed by atoms with Gasteiger partial charge in [0.25, 0.3) is 10.1 Å². The highest BCUT2D eigenvalue weighted by Crippen LogP contribution is 2.25. The van der Waals surface area contributed by atoms with Crippen LogP contribution in [0.15, 0.2) is 57.6 Å². The van der Waals surface area contributed by atoms with E-state index in [1.165, 1.54) is 24.3 Å². The Morgan fingerprint density at radius 3 is 2.05 bits per heavy atom. The van der Waals surface area contributed by atoms with Gasteiger partial charge in [-0.3, -0.25) is 4.55 Å². The number of rotatable bonds is 4. The second-order valence-corrected chi connectivity index (χ2v) is 5.60. The Labute approximate surface area is 125 Å². The van der Waals surface area contributed by atoms with Crippen LogP contribution in [0.4, 0.5) is 11.4 Å². The van der Waals surface area contributed by atoms with Gasteiger partial charge in [0.1, 0.15) is 11.3 Å². The van der Waals surface area contributed by atoms with Crippen LogP contribution in [0.2, 0.25) is 0 Å². The van der Waals surface area contributed by atoms with Gasteiger partial charge in [0.05, 0.1) is 16.3 Å². The standard InChI is InChI=1S/C13H10N2O6S/c16-12-6-3-9(7-11(12)13(17)18)15-14-8-1-4-10(5-2-8)22(19,20)21/h1-7,16H,(H,17,18)(H,19,20,21). The first kappa shape index (κ1) is 15.6. The summed E-state index contributed by atoms with van der Waals surface area (Å²) in [5, 5.41) is 25.8. The molecule has 0 saturated heterocycles. The second kappa shape index (κ2) is 5.92. The average Bonchev–Trinajstić information content (AvgIpc) is 2.45. The lowest BCUT2D eigenvalue weighted by Crippen LogP contribution is -1.96. The lowest BCUT2D eigenvalue weighted by molar-refractivity contribution is 0.0693. The molecule has 0 bridgehead atoms. The van der Waals surface area contributed by atoms with Gasteiger partial charge in [-0.2, -0.15) is 18.6 Å². The first-order valence-electron chi connectivity index (χ1n) is 5.83. The molecule has 0 radical (unpaired) electrons. The molecule has 0 heterocycles. The van der Waals surface area contributed by atoms with Crippen LogP contribution in [0.1, 0.15) is 10.4 Å². The Balaban J connectivity index is 2.25. The van der Waals surface area contributed by atoms with Crippen LogP contribution in [-0.4, -0.2) is 29.2 Å². The number of carboxylic acid groups (broad SMARTS) is 1. The summed E-state index contributed by atoms with van der Waals surface area (Å²) in [6, 6.07) is 8.66. The summed E-state index contributed by atoms with van der Waals surface area (Å²) in [5.41, 5.74) is 0.199. The van der Waals surface area contributed by atoms with Gasteiger partial charge in [-0.25, -0.2) is 4.79 Å². The van der Waals surface area contributed by atoms with Crippen LogP contribution in [0.5, 0.6) is 5.75 Å². The highest BCUT2D eigenvalue weighted by atomic mass is 32.2. The predicted octanol–water partition coefficient (Wildman–Crippen LogP) is 2.75. The number of aromatic hydroxyl groups is 1. The number of nitrogens with zero attached hydrogens (tertiary/aromatic N) is 2. The van der Waals surface area contributed by atoms with E-state index in [0.717, 1.165) is 18.2 Å². The van der Waals surface area contributed by atoms with Crippen LogP contribution in [0, 0.1) is 0 Å². The van der Waals surface area contributed by atoms with Crippen LogP contribution in [-0.2, 0) is 10.1 Å². The molecule has 0 saturated carbocycles. The minimum absolute atomic E-state index is 0.203. The molecule has 0 aliphatic carbocycles. The molecule has 2 rings (SSSR count). The molecule has 0 atom stereocenters. The van der Waals surface area contributed by atoms with Crippen molar-refractivity contribution in [2.75, 3.05) is 0 Å². The number of aromatic carboxylic acids is 1. The van der Waals surface area contributed by atoms with Crippen molar-refractivity contribution in [1.29, 1.82) is 0 Å². The molecule has 0 unspecified atom stereocenters. The largest absolute Gasteiger partial charge is 0.507 e. The van der Waals surface area contributed by atoms with Gasteiger partial charge in [0.15, 0.2) is 0 Å². The van der Waals surface area contributed by atoms with Crippen molar-refractivity contribution in [2.24, 2.45) is 10.2 Å². The highest BCUT2D eigenvalue weighted by Gasteiger charge is 2.10. The fourth-order valence-electron chi connectivity index (χ4n) is 1.56. The molecule has 3 N–H and O–H groups in total. The van der Waals surface area contributed by atoms with Crippen molar-refractivity contribution in [1.82, 2.24) is 0 Å². The molecule has 0 aromatic heterocycles. The van der Waals surface area contributed by atoms with Crippen molar-refractivity contribution in [2.45, 2.75) is 4.90 Å². The van der Waals surface area contributed by atoms with Crippen molar-refractivity contribution >= 4 is 27.5 Å². The number of phenols is 1. The van der Waals surface area contributed by atoms with E-state index in [-0.39, 0.29) is 21.9 Å². The monoisotopic (exact) mass is 322 g/mol. The molecule has 0 aliphatic rings. The quantitative estimate of drug-likeness (QED) is 0.584. The summed E-state index contributed by atoms with van der Waals surface area (Å²) in [6.07, 6.45) is 0. The Morgan fingerprint density at radius 1 is 0.955 bits per heavy atom. The van der Waals surface area contributed by atoms with Gasteiger partial charge in [-0.15, -0.1) is 0 Å². The molecule has 114 valence electrons. The summed E-state index contributed by atoms with van der Waals surface area (Å²) in [6.45, 7) is 0. The predicted molar refractivity (Wildman–Crippen MR) is 75.5 cm³/mol. The van der Waals surface area contributed by atoms with E-state index >= 15 is 0 Å². The van der Waals surface area contributed by atoms with Crippen LogP contribution >= 0.6 is 0 Å². The van der Waals surface area contributed by atoms with E-state index in [1.54, 1.807) is 0 Å². The second-order valence-electron chi connectivity index (χ2n) is 4.18. The number of benzene rings is 2. The SMILES string of the molecule is O=C(O)c1cc(N=Nc2ccc(S(=O)(=O)O)cc2)ccc1O. The van der Waals surface area contributed by atoms with Gasteiger partial charge < -0.3 is 10.2 Å². The Kier molecular flexibility index (Phi) is 4.20. The summed E-state index contributed by atoms with van der Waals surface area (Å²) < 4.78 is 30.6. The van der Waals surface area contributed by atoms with Crippen molar-refractivity contribution in [3.8, 4) is 5.75 Å². The highest BCUT2D eigenvalue weighted by molar-refractivity contribution is 7.85. The van der Waals surface area contributed by atoms with E-state index < -0.39 is 16.1 Å².